The highest BCUT2D eigenvalue weighted by Crippen LogP contribution is 2.37. The zero-order valence-corrected chi connectivity index (χ0v) is 24.3. The van der Waals surface area contributed by atoms with E-state index in [0.717, 1.165) is 5.39 Å². The zero-order valence-electron chi connectivity index (χ0n) is 24.3. The second-order valence-electron chi connectivity index (χ2n) is 10.5. The molecule has 5 aromatic rings. The van der Waals surface area contributed by atoms with Crippen molar-refractivity contribution >= 4 is 40.0 Å². The predicted molar refractivity (Wildman–Crippen MR) is 163 cm³/mol. The minimum absolute atomic E-state index is 0.0477. The second-order valence-corrected chi connectivity index (χ2v) is 10.5. The van der Waals surface area contributed by atoms with Gasteiger partial charge in [0.15, 0.2) is 17.2 Å². The van der Waals surface area contributed by atoms with E-state index in [9.17, 15) is 9.59 Å². The minimum Gasteiger partial charge on any atom is -0.493 e. The largest absolute Gasteiger partial charge is 0.493 e. The van der Waals surface area contributed by atoms with E-state index in [1.54, 1.807) is 75.1 Å². The van der Waals surface area contributed by atoms with Crippen molar-refractivity contribution in [2.24, 2.45) is 0 Å². The van der Waals surface area contributed by atoms with E-state index >= 15 is 0 Å². The maximum atomic E-state index is 13.0. The third-order valence-electron chi connectivity index (χ3n) is 6.33. The molecule has 3 aromatic heterocycles. The second kappa shape index (κ2) is 12.1. The number of imidazole rings is 1. The maximum Gasteiger partial charge on any atom is 0.324 e. The lowest BCUT2D eigenvalue weighted by Crippen LogP contribution is -2.22. The molecule has 12 heteroatoms. The Morgan fingerprint density at radius 2 is 1.58 bits per heavy atom. The van der Waals surface area contributed by atoms with Crippen LogP contribution < -0.4 is 30.2 Å². The summed E-state index contributed by atoms with van der Waals surface area (Å²) in [5.74, 6) is 2.47. The Balaban J connectivity index is 1.29. The number of urea groups is 1. The molecule has 0 aliphatic heterocycles. The summed E-state index contributed by atoms with van der Waals surface area (Å²) in [5, 5.41) is 8.97. The Bertz CT molecular complexity index is 1760. The Kier molecular flexibility index (Phi) is 8.10. The fourth-order valence-electron chi connectivity index (χ4n) is 4.16. The topological polar surface area (TPSA) is 152 Å². The van der Waals surface area contributed by atoms with Gasteiger partial charge in [0, 0.05) is 34.9 Å². The molecule has 3 heterocycles. The molecule has 43 heavy (non-hydrogen) atoms. The lowest BCUT2D eigenvalue weighted by Gasteiger charge is -2.14. The Morgan fingerprint density at radius 3 is 2.26 bits per heavy atom. The number of benzene rings is 2. The molecule has 12 nitrogen and oxygen atoms in total. The van der Waals surface area contributed by atoms with E-state index in [1.807, 2.05) is 26.8 Å². The number of aromatic nitrogens is 4. The number of fused-ring (bicyclic) bond motifs is 1. The summed E-state index contributed by atoms with van der Waals surface area (Å²) < 4.78 is 16.9. The molecule has 5 rings (SSSR count). The number of hydrogen-bond acceptors (Lipinski definition) is 8. The predicted octanol–water partition coefficient (Wildman–Crippen LogP) is 6.36. The molecular formula is C31H31N7O5. The van der Waals surface area contributed by atoms with E-state index in [2.05, 4.69) is 35.9 Å². The number of hydrogen-bond donors (Lipinski definition) is 4. The first-order chi connectivity index (χ1) is 20.6. The van der Waals surface area contributed by atoms with Crippen molar-refractivity contribution in [2.75, 3.05) is 30.2 Å². The van der Waals surface area contributed by atoms with Crippen LogP contribution in [-0.4, -0.2) is 46.1 Å². The molecule has 4 N–H and O–H groups in total. The van der Waals surface area contributed by atoms with Gasteiger partial charge in [-0.15, -0.1) is 0 Å². The molecule has 0 saturated heterocycles. The molecule has 2 aromatic carbocycles. The number of nitrogens with one attached hydrogen (secondary N) is 4. The first-order valence-electron chi connectivity index (χ1n) is 13.3. The molecular weight excluding hydrogens is 550 g/mol. The van der Waals surface area contributed by atoms with Gasteiger partial charge >= 0.3 is 6.03 Å². The van der Waals surface area contributed by atoms with Gasteiger partial charge in [-0.2, -0.15) is 0 Å². The van der Waals surface area contributed by atoms with Gasteiger partial charge in [-0.1, -0.05) is 20.8 Å². The summed E-state index contributed by atoms with van der Waals surface area (Å²) >= 11 is 0. The van der Waals surface area contributed by atoms with E-state index in [0.29, 0.717) is 45.7 Å². The molecule has 3 amide bonds. The monoisotopic (exact) mass is 581 g/mol. The van der Waals surface area contributed by atoms with Crippen molar-refractivity contribution in [3.05, 3.63) is 84.7 Å². The van der Waals surface area contributed by atoms with Crippen LogP contribution in [0.4, 0.5) is 22.0 Å². The maximum absolute atomic E-state index is 13.0. The third-order valence-corrected chi connectivity index (χ3v) is 6.33. The summed E-state index contributed by atoms with van der Waals surface area (Å²) in [5.41, 5.74) is 1.35. The van der Waals surface area contributed by atoms with Gasteiger partial charge in [-0.3, -0.25) is 20.1 Å². The van der Waals surface area contributed by atoms with E-state index in [4.69, 9.17) is 14.2 Å². The first-order valence-corrected chi connectivity index (χ1v) is 13.3. The van der Waals surface area contributed by atoms with Gasteiger partial charge in [0.1, 0.15) is 23.1 Å². The fraction of sp³-hybridized carbons (Fsp3) is 0.194. The molecule has 0 radical (unpaired) electrons. The molecule has 0 spiro atoms. The normalized spacial score (nSPS) is 11.1. The Labute approximate surface area is 247 Å². The van der Waals surface area contributed by atoms with Crippen LogP contribution in [0.1, 0.15) is 37.1 Å². The van der Waals surface area contributed by atoms with Crippen LogP contribution in [0.15, 0.2) is 73.2 Å². The van der Waals surface area contributed by atoms with Crippen molar-refractivity contribution in [1.82, 2.24) is 19.9 Å². The number of carbonyl (C=O) groups is 2. The number of pyridine rings is 2. The van der Waals surface area contributed by atoms with Crippen LogP contribution in [0, 0.1) is 0 Å². The minimum atomic E-state index is -0.561. The van der Waals surface area contributed by atoms with Crippen LogP contribution in [-0.2, 0) is 5.41 Å². The average molecular weight is 582 g/mol. The van der Waals surface area contributed by atoms with Crippen LogP contribution in [0.2, 0.25) is 0 Å². The Hall–Kier alpha value is -5.65. The van der Waals surface area contributed by atoms with Gasteiger partial charge < -0.3 is 29.8 Å². The van der Waals surface area contributed by atoms with Crippen LogP contribution in [0.3, 0.4) is 0 Å². The van der Waals surface area contributed by atoms with Gasteiger partial charge in [0.2, 0.25) is 0 Å². The number of nitrogens with zero attached hydrogens (tertiary/aromatic N) is 3. The molecule has 220 valence electrons. The van der Waals surface area contributed by atoms with Crippen molar-refractivity contribution in [1.29, 1.82) is 0 Å². The van der Waals surface area contributed by atoms with E-state index in [1.165, 1.54) is 6.20 Å². The fourth-order valence-corrected chi connectivity index (χ4v) is 4.16. The standard InChI is InChI=1S/C31H31N7O5/c1-31(2,3)29-36-26(28(39)34-19-7-6-13-32-17-19)27(37-29)38-30(40)35-18-8-10-20(11-9-18)43-23-12-14-33-22-16-25(42-5)24(41-4)15-21(22)23/h6-17H,1-5H3,(H,34,39)(H,36,37)(H2,35,38,40). The first kappa shape index (κ1) is 28.9. The number of anilines is 3. The highest BCUT2D eigenvalue weighted by Gasteiger charge is 2.25. The van der Waals surface area contributed by atoms with Crippen LogP contribution in [0.25, 0.3) is 10.9 Å². The zero-order chi connectivity index (χ0) is 30.6. The number of ether oxygens (including phenoxy) is 3. The summed E-state index contributed by atoms with van der Waals surface area (Å²) in [7, 11) is 3.13. The summed E-state index contributed by atoms with van der Waals surface area (Å²) in [6.45, 7) is 5.85. The smallest absolute Gasteiger partial charge is 0.324 e. The number of aromatic amines is 1. The van der Waals surface area contributed by atoms with Crippen LogP contribution >= 0.6 is 0 Å². The number of H-pyrrole nitrogens is 1. The van der Waals surface area contributed by atoms with Crippen molar-refractivity contribution in [3.63, 3.8) is 0 Å². The third kappa shape index (κ3) is 6.64. The van der Waals surface area contributed by atoms with Crippen molar-refractivity contribution in [2.45, 2.75) is 26.2 Å². The lowest BCUT2D eigenvalue weighted by atomic mass is 9.96. The van der Waals surface area contributed by atoms with Gasteiger partial charge in [-0.25, -0.2) is 9.78 Å². The summed E-state index contributed by atoms with van der Waals surface area (Å²) in [4.78, 5) is 41.9. The quantitative estimate of drug-likeness (QED) is 0.165. The summed E-state index contributed by atoms with van der Waals surface area (Å²) in [6, 6.07) is 15.1. The highest BCUT2D eigenvalue weighted by atomic mass is 16.5. The van der Waals surface area contributed by atoms with Gasteiger partial charge in [-0.05, 0) is 48.5 Å². The molecule has 0 bridgehead atoms. The Morgan fingerprint density at radius 1 is 0.837 bits per heavy atom. The summed E-state index contributed by atoms with van der Waals surface area (Å²) in [6.07, 6.45) is 4.78. The molecule has 0 aliphatic carbocycles. The van der Waals surface area contributed by atoms with E-state index in [-0.39, 0.29) is 11.5 Å². The SMILES string of the molecule is COc1cc2nccc(Oc3ccc(NC(=O)Nc4[nH]c(C(C)(C)C)nc4C(=O)Nc4cccnc4)cc3)c2cc1OC. The molecule has 0 saturated carbocycles. The number of carbonyl (C=O) groups excluding carboxylic acids is 2. The number of amides is 3. The number of rotatable bonds is 8. The molecule has 0 unspecified atom stereocenters. The number of methoxy groups -OCH3 is 2. The van der Waals surface area contributed by atoms with Crippen molar-refractivity contribution in [3.8, 4) is 23.0 Å². The average Bonchev–Trinajstić information content (AvgIpc) is 3.42. The molecule has 0 aliphatic rings. The molecule has 0 atom stereocenters. The van der Waals surface area contributed by atoms with Gasteiger partial charge in [0.25, 0.3) is 5.91 Å². The molecule has 0 fully saturated rings. The lowest BCUT2D eigenvalue weighted by molar-refractivity contribution is 0.102. The van der Waals surface area contributed by atoms with Gasteiger partial charge in [0.05, 0.1) is 31.6 Å². The highest BCUT2D eigenvalue weighted by molar-refractivity contribution is 6.09. The van der Waals surface area contributed by atoms with Crippen LogP contribution in [0.5, 0.6) is 23.0 Å². The van der Waals surface area contributed by atoms with E-state index < -0.39 is 17.4 Å². The van der Waals surface area contributed by atoms with Crippen molar-refractivity contribution < 1.29 is 23.8 Å².